The molecule has 0 fully saturated rings. The number of hydrogen-bond acceptors (Lipinski definition) is 2. The van der Waals surface area contributed by atoms with Gasteiger partial charge in [0, 0.05) is 19.3 Å². The summed E-state index contributed by atoms with van der Waals surface area (Å²) >= 11 is 0. The van der Waals surface area contributed by atoms with Crippen molar-refractivity contribution in [3.05, 3.63) is 60.2 Å². The maximum atomic E-state index is 12.1. The van der Waals surface area contributed by atoms with E-state index in [1.165, 1.54) is 5.56 Å². The van der Waals surface area contributed by atoms with E-state index in [-0.39, 0.29) is 11.4 Å². The predicted octanol–water partition coefficient (Wildman–Crippen LogP) is 4.60. The molecule has 0 spiro atoms. The number of carbonyl (C=O) groups excluding carboxylic acids is 1. The van der Waals surface area contributed by atoms with Gasteiger partial charge in [-0.1, -0.05) is 51.1 Å². The Hall–Kier alpha value is -2.49. The standard InChI is InChI=1S/C21H28N2O2/c1-21(2,3)17-11-13-19(14-12-17)25-16-8-15-22-20(24)23(4)18-9-6-5-7-10-18/h5-7,9-14H,8,15-16H2,1-4H3,(H,22,24). The molecule has 0 unspecified atom stereocenters. The van der Waals surface area contributed by atoms with Crippen LogP contribution in [0.1, 0.15) is 32.8 Å². The van der Waals surface area contributed by atoms with Crippen molar-refractivity contribution in [3.8, 4) is 5.75 Å². The molecule has 0 aromatic heterocycles. The van der Waals surface area contributed by atoms with Gasteiger partial charge in [-0.05, 0) is 41.7 Å². The second-order valence-electron chi connectivity index (χ2n) is 7.10. The van der Waals surface area contributed by atoms with E-state index >= 15 is 0 Å². The van der Waals surface area contributed by atoms with Gasteiger partial charge in [0.1, 0.15) is 5.75 Å². The number of benzene rings is 2. The molecule has 0 saturated heterocycles. The van der Waals surface area contributed by atoms with Crippen LogP contribution in [0, 0.1) is 0 Å². The van der Waals surface area contributed by atoms with E-state index in [0.29, 0.717) is 13.2 Å². The normalized spacial score (nSPS) is 11.0. The van der Waals surface area contributed by atoms with Gasteiger partial charge in [-0.15, -0.1) is 0 Å². The molecule has 0 aliphatic heterocycles. The summed E-state index contributed by atoms with van der Waals surface area (Å²) in [5.74, 6) is 0.862. The van der Waals surface area contributed by atoms with E-state index in [4.69, 9.17) is 4.74 Å². The average Bonchev–Trinajstić information content (AvgIpc) is 2.61. The second-order valence-corrected chi connectivity index (χ2v) is 7.10. The third-order valence-corrected chi connectivity index (χ3v) is 4.03. The predicted molar refractivity (Wildman–Crippen MR) is 103 cm³/mol. The van der Waals surface area contributed by atoms with Gasteiger partial charge in [0.25, 0.3) is 0 Å². The minimum atomic E-state index is -0.110. The van der Waals surface area contributed by atoms with Crippen molar-refractivity contribution in [2.45, 2.75) is 32.6 Å². The molecule has 0 radical (unpaired) electrons. The summed E-state index contributed by atoms with van der Waals surface area (Å²) in [4.78, 5) is 13.7. The maximum absolute atomic E-state index is 12.1. The van der Waals surface area contributed by atoms with Crippen molar-refractivity contribution in [3.63, 3.8) is 0 Å². The molecule has 134 valence electrons. The first-order valence-electron chi connectivity index (χ1n) is 8.68. The van der Waals surface area contributed by atoms with Crippen LogP contribution in [0.25, 0.3) is 0 Å². The van der Waals surface area contributed by atoms with E-state index in [0.717, 1.165) is 17.9 Å². The number of amides is 2. The number of para-hydroxylation sites is 1. The smallest absolute Gasteiger partial charge is 0.321 e. The van der Waals surface area contributed by atoms with Crippen LogP contribution >= 0.6 is 0 Å². The zero-order chi connectivity index (χ0) is 18.3. The van der Waals surface area contributed by atoms with Gasteiger partial charge >= 0.3 is 6.03 Å². The zero-order valence-corrected chi connectivity index (χ0v) is 15.6. The number of ether oxygens (including phenoxy) is 1. The van der Waals surface area contributed by atoms with Crippen LogP contribution < -0.4 is 15.0 Å². The number of carbonyl (C=O) groups is 1. The number of urea groups is 1. The molecule has 2 amide bonds. The molecule has 2 aromatic carbocycles. The highest BCUT2D eigenvalue weighted by Crippen LogP contribution is 2.24. The van der Waals surface area contributed by atoms with Gasteiger partial charge < -0.3 is 10.1 Å². The summed E-state index contributed by atoms with van der Waals surface area (Å²) in [6.45, 7) is 7.73. The molecule has 2 aromatic rings. The van der Waals surface area contributed by atoms with Crippen molar-refractivity contribution >= 4 is 11.7 Å². The third-order valence-electron chi connectivity index (χ3n) is 4.03. The van der Waals surface area contributed by atoms with Crippen LogP contribution in [0.3, 0.4) is 0 Å². The molecule has 0 heterocycles. The fourth-order valence-electron chi connectivity index (χ4n) is 2.40. The Morgan fingerprint density at radius 3 is 2.28 bits per heavy atom. The molecule has 0 aliphatic carbocycles. The maximum Gasteiger partial charge on any atom is 0.321 e. The van der Waals surface area contributed by atoms with Crippen molar-refractivity contribution in [2.24, 2.45) is 0 Å². The highest BCUT2D eigenvalue weighted by Gasteiger charge is 2.13. The molecule has 2 rings (SSSR count). The van der Waals surface area contributed by atoms with Crippen LogP contribution in [0.15, 0.2) is 54.6 Å². The minimum absolute atomic E-state index is 0.110. The van der Waals surface area contributed by atoms with Crippen LogP contribution in [0.2, 0.25) is 0 Å². The molecule has 25 heavy (non-hydrogen) atoms. The molecule has 4 nitrogen and oxygen atoms in total. The number of anilines is 1. The van der Waals surface area contributed by atoms with E-state index in [1.54, 1.807) is 11.9 Å². The topological polar surface area (TPSA) is 41.6 Å². The monoisotopic (exact) mass is 340 g/mol. The fourth-order valence-corrected chi connectivity index (χ4v) is 2.40. The van der Waals surface area contributed by atoms with Crippen LogP contribution in [0.4, 0.5) is 10.5 Å². The molecule has 4 heteroatoms. The molecule has 1 N–H and O–H groups in total. The Kier molecular flexibility index (Phi) is 6.45. The Labute approximate surface area is 150 Å². The molecular weight excluding hydrogens is 312 g/mol. The Balaban J connectivity index is 1.68. The molecule has 0 saturated carbocycles. The summed E-state index contributed by atoms with van der Waals surface area (Å²) < 4.78 is 5.74. The van der Waals surface area contributed by atoms with Gasteiger partial charge in [-0.2, -0.15) is 0 Å². The van der Waals surface area contributed by atoms with E-state index in [9.17, 15) is 4.79 Å². The quantitative estimate of drug-likeness (QED) is 0.781. The van der Waals surface area contributed by atoms with Gasteiger partial charge in [-0.3, -0.25) is 4.90 Å². The lowest BCUT2D eigenvalue weighted by atomic mass is 9.87. The van der Waals surface area contributed by atoms with E-state index < -0.39 is 0 Å². The van der Waals surface area contributed by atoms with Gasteiger partial charge in [0.05, 0.1) is 6.61 Å². The van der Waals surface area contributed by atoms with Crippen LogP contribution in [0.5, 0.6) is 5.75 Å². The number of hydrogen-bond donors (Lipinski definition) is 1. The van der Waals surface area contributed by atoms with Crippen molar-refractivity contribution in [1.82, 2.24) is 5.32 Å². The summed E-state index contributed by atoms with van der Waals surface area (Å²) in [5.41, 5.74) is 2.30. The molecule has 0 aliphatic rings. The molecule has 0 bridgehead atoms. The first-order valence-corrected chi connectivity index (χ1v) is 8.68. The third kappa shape index (κ3) is 5.82. The molecular formula is C21H28N2O2. The summed E-state index contributed by atoms with van der Waals surface area (Å²) in [7, 11) is 1.76. The van der Waals surface area contributed by atoms with Crippen LogP contribution in [-0.2, 0) is 5.41 Å². The second kappa shape index (κ2) is 8.56. The van der Waals surface area contributed by atoms with Crippen LogP contribution in [-0.4, -0.2) is 26.2 Å². The average molecular weight is 340 g/mol. The lowest BCUT2D eigenvalue weighted by Gasteiger charge is -2.19. The first-order chi connectivity index (χ1) is 11.9. The summed E-state index contributed by atoms with van der Waals surface area (Å²) in [6.07, 6.45) is 0.759. The highest BCUT2D eigenvalue weighted by molar-refractivity contribution is 5.91. The Morgan fingerprint density at radius 1 is 1.04 bits per heavy atom. The van der Waals surface area contributed by atoms with Crippen molar-refractivity contribution in [2.75, 3.05) is 25.1 Å². The zero-order valence-electron chi connectivity index (χ0n) is 15.6. The number of nitrogens with zero attached hydrogens (tertiary/aromatic N) is 1. The van der Waals surface area contributed by atoms with E-state index in [2.05, 4.69) is 38.2 Å². The summed E-state index contributed by atoms with van der Waals surface area (Å²) in [6, 6.07) is 17.7. The lowest BCUT2D eigenvalue weighted by molar-refractivity contribution is 0.245. The highest BCUT2D eigenvalue weighted by atomic mass is 16.5. The Bertz CT molecular complexity index is 661. The molecule has 0 atom stereocenters. The fraction of sp³-hybridized carbons (Fsp3) is 0.381. The first kappa shape index (κ1) is 18.8. The Morgan fingerprint density at radius 2 is 1.68 bits per heavy atom. The SMILES string of the molecule is CN(C(=O)NCCCOc1ccc(C(C)(C)C)cc1)c1ccccc1. The lowest BCUT2D eigenvalue weighted by Crippen LogP contribution is -2.38. The van der Waals surface area contributed by atoms with Crippen molar-refractivity contribution in [1.29, 1.82) is 0 Å². The van der Waals surface area contributed by atoms with Gasteiger partial charge in [0.2, 0.25) is 0 Å². The number of rotatable bonds is 6. The number of nitrogens with one attached hydrogen (secondary N) is 1. The largest absolute Gasteiger partial charge is 0.494 e. The van der Waals surface area contributed by atoms with Gasteiger partial charge in [-0.25, -0.2) is 4.79 Å². The minimum Gasteiger partial charge on any atom is -0.494 e. The van der Waals surface area contributed by atoms with Crippen molar-refractivity contribution < 1.29 is 9.53 Å². The summed E-state index contributed by atoms with van der Waals surface area (Å²) in [5, 5.41) is 2.90. The van der Waals surface area contributed by atoms with E-state index in [1.807, 2.05) is 42.5 Å². The van der Waals surface area contributed by atoms with Gasteiger partial charge in [0.15, 0.2) is 0 Å².